The summed E-state index contributed by atoms with van der Waals surface area (Å²) in [5, 5.41) is 14.8. The summed E-state index contributed by atoms with van der Waals surface area (Å²) in [5.74, 6) is 0.247. The van der Waals surface area contributed by atoms with Gasteiger partial charge in [-0.25, -0.2) is 13.4 Å². The van der Waals surface area contributed by atoms with Gasteiger partial charge in [0, 0.05) is 11.6 Å². The molecule has 0 saturated carbocycles. The number of aliphatic hydroxyl groups excluding tert-OH is 1. The van der Waals surface area contributed by atoms with Gasteiger partial charge in [-0.1, -0.05) is 13.8 Å². The summed E-state index contributed by atoms with van der Waals surface area (Å²) < 4.78 is 28.1. The molecule has 0 bridgehead atoms. The van der Waals surface area contributed by atoms with Crippen molar-refractivity contribution in [3.63, 3.8) is 0 Å². The van der Waals surface area contributed by atoms with Gasteiger partial charge >= 0.3 is 0 Å². The van der Waals surface area contributed by atoms with E-state index in [1.807, 2.05) is 19.2 Å². The van der Waals surface area contributed by atoms with Crippen LogP contribution in [0.15, 0.2) is 22.7 Å². The molecular formula is C11H16N4O3S2. The lowest BCUT2D eigenvalue weighted by molar-refractivity contribution is 0.269. The fourth-order valence-corrected chi connectivity index (χ4v) is 3.56. The monoisotopic (exact) mass is 316 g/mol. The first-order valence-electron chi connectivity index (χ1n) is 6.04. The fraction of sp³-hybridized carbons (Fsp3) is 0.455. The Hall–Kier alpha value is -1.45. The highest BCUT2D eigenvalue weighted by Crippen LogP contribution is 2.23. The van der Waals surface area contributed by atoms with E-state index in [4.69, 9.17) is 5.11 Å². The number of hydrogen-bond acceptors (Lipinski definition) is 6. The van der Waals surface area contributed by atoms with E-state index in [2.05, 4.69) is 14.8 Å². The van der Waals surface area contributed by atoms with Gasteiger partial charge in [-0.15, -0.1) is 11.3 Å². The van der Waals surface area contributed by atoms with Gasteiger partial charge in [0.2, 0.25) is 0 Å². The van der Waals surface area contributed by atoms with Crippen LogP contribution in [0.25, 0.3) is 0 Å². The smallest absolute Gasteiger partial charge is 0.266 e. The Morgan fingerprint density at radius 1 is 1.50 bits per heavy atom. The van der Waals surface area contributed by atoms with Crippen LogP contribution in [0.2, 0.25) is 0 Å². The third kappa shape index (κ3) is 3.35. The van der Waals surface area contributed by atoms with Crippen LogP contribution in [0.4, 0.5) is 5.13 Å². The Morgan fingerprint density at radius 2 is 2.25 bits per heavy atom. The zero-order valence-electron chi connectivity index (χ0n) is 11.1. The summed E-state index contributed by atoms with van der Waals surface area (Å²) >= 11 is 1.25. The summed E-state index contributed by atoms with van der Waals surface area (Å²) in [6, 6.07) is 0. The van der Waals surface area contributed by atoms with Crippen LogP contribution in [0, 0.1) is 0 Å². The van der Waals surface area contributed by atoms with Crippen molar-refractivity contribution in [2.45, 2.75) is 31.2 Å². The third-order valence-corrected chi connectivity index (χ3v) is 4.78. The molecule has 0 aliphatic rings. The maximum atomic E-state index is 12.1. The van der Waals surface area contributed by atoms with E-state index in [1.165, 1.54) is 28.4 Å². The van der Waals surface area contributed by atoms with Crippen molar-refractivity contribution in [3.05, 3.63) is 23.5 Å². The summed E-state index contributed by atoms with van der Waals surface area (Å²) in [6.45, 7) is 4.14. The highest BCUT2D eigenvalue weighted by Gasteiger charge is 2.18. The first-order chi connectivity index (χ1) is 9.42. The van der Waals surface area contributed by atoms with Gasteiger partial charge in [-0.2, -0.15) is 5.10 Å². The first kappa shape index (κ1) is 14.9. The minimum absolute atomic E-state index is 0.0484. The second kappa shape index (κ2) is 5.90. The molecule has 7 nitrogen and oxygen atoms in total. The molecule has 2 N–H and O–H groups in total. The Labute approximate surface area is 121 Å². The molecule has 0 saturated heterocycles. The van der Waals surface area contributed by atoms with E-state index in [1.54, 1.807) is 0 Å². The molecule has 2 rings (SSSR count). The van der Waals surface area contributed by atoms with Crippen molar-refractivity contribution < 1.29 is 13.5 Å². The van der Waals surface area contributed by atoms with Crippen molar-refractivity contribution in [2.24, 2.45) is 0 Å². The lowest BCUT2D eigenvalue weighted by Gasteiger charge is -2.02. The minimum atomic E-state index is -3.69. The van der Waals surface area contributed by atoms with Crippen molar-refractivity contribution in [2.75, 3.05) is 11.3 Å². The van der Waals surface area contributed by atoms with E-state index in [0.717, 1.165) is 5.69 Å². The lowest BCUT2D eigenvalue weighted by atomic mass is 10.2. The molecule has 9 heteroatoms. The van der Waals surface area contributed by atoms with E-state index in [9.17, 15) is 8.42 Å². The fourth-order valence-electron chi connectivity index (χ4n) is 1.48. The second-order valence-corrected chi connectivity index (χ2v) is 7.04. The predicted molar refractivity (Wildman–Crippen MR) is 76.3 cm³/mol. The number of aromatic nitrogens is 3. The van der Waals surface area contributed by atoms with Crippen molar-refractivity contribution in [1.82, 2.24) is 14.8 Å². The predicted octanol–water partition coefficient (Wildman–Crippen LogP) is 1.26. The number of hydrogen-bond donors (Lipinski definition) is 2. The lowest BCUT2D eigenvalue weighted by Crippen LogP contribution is -2.12. The largest absolute Gasteiger partial charge is 0.394 e. The average Bonchev–Trinajstić information content (AvgIpc) is 2.98. The van der Waals surface area contributed by atoms with E-state index < -0.39 is 10.0 Å². The number of nitrogens with one attached hydrogen (secondary N) is 1. The Morgan fingerprint density at radius 3 is 2.85 bits per heavy atom. The van der Waals surface area contributed by atoms with Crippen molar-refractivity contribution in [1.29, 1.82) is 0 Å². The number of sulfonamides is 1. The number of nitrogens with zero attached hydrogens (tertiary/aromatic N) is 3. The molecule has 0 unspecified atom stereocenters. The molecule has 0 aliphatic heterocycles. The molecule has 2 heterocycles. The van der Waals surface area contributed by atoms with Crippen molar-refractivity contribution in [3.8, 4) is 0 Å². The highest BCUT2D eigenvalue weighted by atomic mass is 32.2. The standard InChI is InChI=1S/C11H16N4O3S2/c1-8(2)10-7-19-11(13-10)14-20(17,18)9-5-12-15(6-9)3-4-16/h5-8,16H,3-4H2,1-2H3,(H,13,14). The summed E-state index contributed by atoms with van der Waals surface area (Å²) in [4.78, 5) is 4.27. The van der Waals surface area contributed by atoms with Crippen LogP contribution in [-0.2, 0) is 16.6 Å². The topological polar surface area (TPSA) is 97.1 Å². The maximum absolute atomic E-state index is 12.1. The van der Waals surface area contributed by atoms with E-state index in [0.29, 0.717) is 5.13 Å². The molecule has 0 amide bonds. The van der Waals surface area contributed by atoms with Gasteiger partial charge in [-0.3, -0.25) is 9.40 Å². The zero-order valence-corrected chi connectivity index (χ0v) is 12.8. The van der Waals surface area contributed by atoms with Crippen molar-refractivity contribution >= 4 is 26.5 Å². The number of aliphatic hydroxyl groups is 1. The van der Waals surface area contributed by atoms with Crippen LogP contribution in [0.3, 0.4) is 0 Å². The van der Waals surface area contributed by atoms with Crippen LogP contribution in [0.5, 0.6) is 0 Å². The third-order valence-electron chi connectivity index (χ3n) is 2.58. The molecule has 20 heavy (non-hydrogen) atoms. The maximum Gasteiger partial charge on any atom is 0.266 e. The molecular weight excluding hydrogens is 300 g/mol. The molecule has 0 fully saturated rings. The molecule has 2 aromatic heterocycles. The minimum Gasteiger partial charge on any atom is -0.394 e. The number of anilines is 1. The first-order valence-corrected chi connectivity index (χ1v) is 8.40. The Balaban J connectivity index is 2.16. The van der Waals surface area contributed by atoms with Crippen LogP contribution >= 0.6 is 11.3 Å². The summed E-state index contributed by atoms with van der Waals surface area (Å²) in [5.41, 5.74) is 0.851. The van der Waals surface area contributed by atoms with Gasteiger partial charge in [0.15, 0.2) is 5.13 Å². The van der Waals surface area contributed by atoms with Crippen LogP contribution < -0.4 is 4.72 Å². The molecule has 0 atom stereocenters. The molecule has 110 valence electrons. The molecule has 0 radical (unpaired) electrons. The zero-order chi connectivity index (χ0) is 14.8. The second-order valence-electron chi connectivity index (χ2n) is 4.50. The molecule has 0 aromatic carbocycles. The normalized spacial score (nSPS) is 12.0. The number of thiazole rings is 1. The summed E-state index contributed by atoms with van der Waals surface area (Å²) in [6.07, 6.45) is 2.62. The van der Waals surface area contributed by atoms with Gasteiger partial charge in [0.25, 0.3) is 10.0 Å². The Bertz CT molecular complexity index is 675. The summed E-state index contributed by atoms with van der Waals surface area (Å²) in [7, 11) is -3.69. The number of rotatable bonds is 6. The SMILES string of the molecule is CC(C)c1csc(NS(=O)(=O)c2cnn(CCO)c2)n1. The van der Waals surface area contributed by atoms with Crippen LogP contribution in [-0.4, -0.2) is 34.9 Å². The Kier molecular flexibility index (Phi) is 4.41. The molecule has 0 spiro atoms. The van der Waals surface area contributed by atoms with E-state index >= 15 is 0 Å². The average molecular weight is 316 g/mol. The van der Waals surface area contributed by atoms with Gasteiger partial charge in [0.05, 0.1) is 25.0 Å². The quantitative estimate of drug-likeness (QED) is 0.836. The van der Waals surface area contributed by atoms with Gasteiger partial charge < -0.3 is 5.11 Å². The molecule has 2 aromatic rings. The van der Waals surface area contributed by atoms with E-state index in [-0.39, 0.29) is 24.0 Å². The van der Waals surface area contributed by atoms with Gasteiger partial charge in [-0.05, 0) is 5.92 Å². The van der Waals surface area contributed by atoms with Gasteiger partial charge in [0.1, 0.15) is 4.90 Å². The highest BCUT2D eigenvalue weighted by molar-refractivity contribution is 7.93. The van der Waals surface area contributed by atoms with Crippen LogP contribution in [0.1, 0.15) is 25.5 Å². The molecule has 0 aliphatic carbocycles.